The minimum Gasteiger partial charge on any atom is -0.619 e. The minimum absolute atomic E-state index is 0.350. The highest BCUT2D eigenvalue weighted by molar-refractivity contribution is 7.85. The third-order valence-corrected chi connectivity index (χ3v) is 23.2. The van der Waals surface area contributed by atoms with Gasteiger partial charge in [0, 0.05) is 134 Å². The maximum atomic E-state index is 13.8. The van der Waals surface area contributed by atoms with Crippen molar-refractivity contribution in [3.63, 3.8) is 0 Å². The van der Waals surface area contributed by atoms with Crippen molar-refractivity contribution in [1.29, 1.82) is 0 Å². The number of pyridine rings is 11. The summed E-state index contributed by atoms with van der Waals surface area (Å²) < 4.78 is 19.0. The smallest absolute Gasteiger partial charge is 0.297 e. The number of fused-ring (bicyclic) bond motifs is 10. The summed E-state index contributed by atoms with van der Waals surface area (Å²) in [5.74, 6) is 0. The van der Waals surface area contributed by atoms with Crippen LogP contribution in [0.4, 0.5) is 0 Å². The normalized spacial score (nSPS) is 10.6. The molecule has 21 rings (SSSR count). The van der Waals surface area contributed by atoms with Crippen LogP contribution in [0.25, 0.3) is 121 Å². The third-order valence-electron chi connectivity index (χ3n) is 19.5. The van der Waals surface area contributed by atoms with E-state index in [1.54, 1.807) is 97.5 Å². The number of aromatic nitrogens is 11. The molecule has 0 N–H and O–H groups in total. The van der Waals surface area contributed by atoms with Crippen LogP contribution in [0.1, 0.15) is 0 Å². The monoisotopic (exact) mass is 1670 g/mol. The molecule has 0 saturated heterocycles. The fraction of sp³-hybridized carbons (Fsp3) is 0. The van der Waals surface area contributed by atoms with E-state index in [0.29, 0.717) is 41.9 Å². The highest BCUT2D eigenvalue weighted by atomic mass is 35.5. The Kier molecular flexibility index (Phi) is 27.5. The van der Waals surface area contributed by atoms with Gasteiger partial charge in [-0.05, 0) is 105 Å². The van der Waals surface area contributed by atoms with E-state index in [1.807, 2.05) is 225 Å². The number of benzene rings is 10. The fourth-order valence-electron chi connectivity index (χ4n) is 13.6. The molecular formula is C101H74Cl2N11O8P. The molecule has 0 atom stereocenters. The molecule has 21 aromatic rings. The number of rotatable bonds is 7. The molecule has 0 aliphatic heterocycles. The third kappa shape index (κ3) is 20.4. The lowest BCUT2D eigenvalue weighted by Crippen LogP contribution is -2.36. The predicted molar refractivity (Wildman–Crippen MR) is 489 cm³/mol. The van der Waals surface area contributed by atoms with Crippen LogP contribution in [0.3, 0.4) is 0 Å². The Hall–Kier alpha value is -15.9. The lowest BCUT2D eigenvalue weighted by atomic mass is 9.97. The standard InChI is InChI=1S/C24H16N2.C18H15OP.C12H6Cl2N2.C12H8N2O2.C11H9NO.C10H8N2O2.C9H7NO.C5H5NO/c1-3-7-17(8-4-1)19-13-15-25-23-21(19)11-12-22-20(14-16-26-24(22)23)18-9-5-2-6-10-18;19-20(16-10-4-1-5-11-16,17-12-6-2-7-13-17)18-14-8-3-9-15-18;13-9-3-5-15-11-7(9)1-2-8-10(14)4-6-16-12(8)11;15-13-7-1-3-9-5-6-10-4-2-8-14(16)12(10)11(9)13;13-12-8-6-11(7-9-12)10-4-2-1-3-5-10;13-11-7-3-1-5-9(11)10-6-2-4-8-12(10)14;11-10-6-5-8-3-1-2-4-9(8)7-10;7-6-4-2-1-3-5-6/h1-16H;1-15H;1-6H;1-8H;1-9H;1-8H;1-7H;1-5H. The molecule has 11 heterocycles. The van der Waals surface area contributed by atoms with Crippen LogP contribution in [0.5, 0.6) is 0 Å². The summed E-state index contributed by atoms with van der Waals surface area (Å²) in [4.78, 5) is 17.9. The molecule has 600 valence electrons. The molecule has 123 heavy (non-hydrogen) atoms. The van der Waals surface area contributed by atoms with Gasteiger partial charge >= 0.3 is 0 Å². The lowest BCUT2D eigenvalue weighted by Gasteiger charge is -2.19. The van der Waals surface area contributed by atoms with Gasteiger partial charge in [-0.1, -0.05) is 254 Å². The molecular weight excluding hydrogens is 1600 g/mol. The molecule has 11 aromatic heterocycles. The Morgan fingerprint density at radius 1 is 0.236 bits per heavy atom. The second kappa shape index (κ2) is 40.5. The van der Waals surface area contributed by atoms with Gasteiger partial charge in [0.05, 0.1) is 42.9 Å². The molecule has 0 radical (unpaired) electrons. The summed E-state index contributed by atoms with van der Waals surface area (Å²) in [6, 6.07) is 115. The van der Waals surface area contributed by atoms with Crippen molar-refractivity contribution in [3.8, 4) is 44.8 Å². The first-order valence-electron chi connectivity index (χ1n) is 38.7. The number of halogens is 2. The Labute approximate surface area is 717 Å². The molecule has 0 amide bonds. The van der Waals surface area contributed by atoms with E-state index in [4.69, 9.17) is 23.2 Å². The van der Waals surface area contributed by atoms with Crippen LogP contribution < -0.4 is 49.0 Å². The molecule has 0 bridgehead atoms. The van der Waals surface area contributed by atoms with Crippen molar-refractivity contribution in [2.75, 3.05) is 0 Å². The summed E-state index contributed by atoms with van der Waals surface area (Å²) in [6.45, 7) is 0. The van der Waals surface area contributed by atoms with Gasteiger partial charge in [-0.3, -0.25) is 19.9 Å². The van der Waals surface area contributed by atoms with E-state index in [2.05, 4.69) is 92.7 Å². The van der Waals surface area contributed by atoms with Crippen LogP contribution in [-0.2, 0) is 4.57 Å². The molecule has 0 unspecified atom stereocenters. The van der Waals surface area contributed by atoms with E-state index >= 15 is 0 Å². The summed E-state index contributed by atoms with van der Waals surface area (Å²) >= 11 is 12.2. The second-order valence-electron chi connectivity index (χ2n) is 27.3. The van der Waals surface area contributed by atoms with E-state index in [-0.39, 0.29) is 0 Å². The molecule has 0 aliphatic rings. The maximum Gasteiger partial charge on any atom is 0.297 e. The van der Waals surface area contributed by atoms with Crippen molar-refractivity contribution >= 4 is 122 Å². The Bertz CT molecular complexity index is 6800. The number of hydrogen-bond acceptors (Lipinski definition) is 12. The van der Waals surface area contributed by atoms with Gasteiger partial charge in [0.2, 0.25) is 0 Å². The van der Waals surface area contributed by atoms with E-state index in [9.17, 15) is 41.0 Å². The lowest BCUT2D eigenvalue weighted by molar-refractivity contribution is -0.625. The van der Waals surface area contributed by atoms with E-state index in [0.717, 1.165) is 116 Å². The zero-order valence-corrected chi connectivity index (χ0v) is 68.0. The van der Waals surface area contributed by atoms with Crippen molar-refractivity contribution in [2.24, 2.45) is 0 Å². The highest BCUT2D eigenvalue weighted by Crippen LogP contribution is 2.42. The summed E-state index contributed by atoms with van der Waals surface area (Å²) in [5.41, 5.74) is 11.9. The average Bonchev–Trinajstić information content (AvgIpc) is 1.07. The van der Waals surface area contributed by atoms with Crippen LogP contribution in [0.2, 0.25) is 10.0 Å². The highest BCUT2D eigenvalue weighted by Gasteiger charge is 2.29. The number of hydrogen-bond donors (Lipinski definition) is 0. The van der Waals surface area contributed by atoms with Crippen LogP contribution in [-0.4, -0.2) is 19.9 Å². The van der Waals surface area contributed by atoms with Gasteiger partial charge in [-0.25, -0.2) is 0 Å². The van der Waals surface area contributed by atoms with Crippen molar-refractivity contribution in [1.82, 2.24) is 19.9 Å². The molecule has 10 aromatic carbocycles. The van der Waals surface area contributed by atoms with Crippen LogP contribution in [0, 0.1) is 36.5 Å². The first-order chi connectivity index (χ1) is 60.2. The Morgan fingerprint density at radius 3 is 0.951 bits per heavy atom. The quantitative estimate of drug-likeness (QED) is 0.0624. The van der Waals surface area contributed by atoms with Gasteiger partial charge in [-0.15, -0.1) is 0 Å². The summed E-state index contributed by atoms with van der Waals surface area (Å²) in [7, 11) is -2.78. The molecule has 19 nitrogen and oxygen atoms in total. The van der Waals surface area contributed by atoms with Gasteiger partial charge in [0.1, 0.15) is 0 Å². The largest absolute Gasteiger partial charge is 0.619 e. The van der Waals surface area contributed by atoms with Gasteiger partial charge < -0.3 is 41.0 Å². The van der Waals surface area contributed by atoms with Crippen molar-refractivity contribution in [2.45, 2.75) is 0 Å². The van der Waals surface area contributed by atoms with E-state index in [1.165, 1.54) is 78.0 Å². The zero-order chi connectivity index (χ0) is 85.3. The molecule has 22 heteroatoms. The molecule has 0 fully saturated rings. The van der Waals surface area contributed by atoms with Crippen molar-refractivity contribution in [3.05, 3.63) is 497 Å². The average molecular weight is 1670 g/mol. The summed E-state index contributed by atoms with van der Waals surface area (Å²) in [6.07, 6.45) is 21.6. The van der Waals surface area contributed by atoms with Crippen molar-refractivity contribution < 1.29 is 37.7 Å². The zero-order valence-electron chi connectivity index (χ0n) is 65.6. The van der Waals surface area contributed by atoms with Gasteiger partial charge in [0.25, 0.3) is 22.4 Å². The Morgan fingerprint density at radius 2 is 0.545 bits per heavy atom. The summed E-state index contributed by atoms with van der Waals surface area (Å²) in [5, 5.41) is 89.5. The van der Waals surface area contributed by atoms with Crippen LogP contribution in [0.15, 0.2) is 451 Å². The SMILES string of the molecule is Clc1ccnc2c1ccc1c(Cl)ccnc12.O=P(c1ccccc1)(c1ccccc1)c1ccccc1.[O-][n+]1ccc(-c2ccccc2)cc1.[O-][n+]1ccc2ccccc2c1.[O-][n+]1cccc2ccc3ccc[n+]([O-])c3c21.[O-][n+]1ccccc1.[O-][n+]1ccccc1-c1cccc[n+]1[O-].c1ccc(-c2ccnc3c2ccc2c(-c4ccccc4)ccnc23)cc1. The van der Waals surface area contributed by atoms with Gasteiger partial charge in [0.15, 0.2) is 69.1 Å². The predicted octanol–water partition coefficient (Wildman–Crippen LogP) is 19.2. The van der Waals surface area contributed by atoms with E-state index < -0.39 is 7.14 Å². The maximum absolute atomic E-state index is 13.8. The first-order valence-corrected chi connectivity index (χ1v) is 41.1. The minimum atomic E-state index is -2.78. The molecule has 0 spiro atoms. The Balaban J connectivity index is 0.000000117. The molecule has 0 aliphatic carbocycles. The molecule has 0 saturated carbocycles. The topological polar surface area (TPSA) is 257 Å². The fourth-order valence-corrected chi connectivity index (χ4v) is 16.7. The second-order valence-corrected chi connectivity index (χ2v) is 30.9. The van der Waals surface area contributed by atoms with Gasteiger partial charge in [-0.2, -0.15) is 33.1 Å². The number of nitrogens with zero attached hydrogens (tertiary/aromatic N) is 11. The first kappa shape index (κ1) is 83.6. The van der Waals surface area contributed by atoms with Crippen LogP contribution >= 0.6 is 30.3 Å².